The summed E-state index contributed by atoms with van der Waals surface area (Å²) < 4.78 is 6.11. The van der Waals surface area contributed by atoms with Crippen LogP contribution in [-0.2, 0) is 19.8 Å². The number of piperazine rings is 1. The van der Waals surface area contributed by atoms with Gasteiger partial charge >= 0.3 is 0 Å². The maximum absolute atomic E-state index is 13.7. The summed E-state index contributed by atoms with van der Waals surface area (Å²) in [6.45, 7) is 12.5. The molecule has 0 saturated carbocycles. The molecule has 0 aromatic heterocycles. The van der Waals surface area contributed by atoms with Crippen LogP contribution in [0.3, 0.4) is 0 Å². The van der Waals surface area contributed by atoms with E-state index in [9.17, 15) is 14.4 Å². The standard InChI is InChI=1S/C26H31N3O4/c1-6-24(2,3)26(14-18-22(31)29-11-7-8-19(29)21(30)27-18)16-12-15-9-10-25(4,5)33-20(15)13-17(16)28-23(26)32/h6,9-10,12-13,18-19H,1,7-8,11,14H2,2-5H3,(H,27,30)(H,28,32)/t18-,19+,26-/m0/s1. The Morgan fingerprint density at radius 2 is 2.03 bits per heavy atom. The third-order valence-corrected chi connectivity index (χ3v) is 7.86. The van der Waals surface area contributed by atoms with E-state index in [-0.39, 0.29) is 30.2 Å². The Morgan fingerprint density at radius 1 is 1.27 bits per heavy atom. The summed E-state index contributed by atoms with van der Waals surface area (Å²) in [6.07, 6.45) is 7.43. The summed E-state index contributed by atoms with van der Waals surface area (Å²) >= 11 is 0. The molecule has 0 bridgehead atoms. The number of ether oxygens (including phenoxy) is 1. The summed E-state index contributed by atoms with van der Waals surface area (Å²) in [6, 6.07) is 2.68. The van der Waals surface area contributed by atoms with Gasteiger partial charge in [-0.05, 0) is 50.8 Å². The first-order chi connectivity index (χ1) is 15.5. The van der Waals surface area contributed by atoms with E-state index in [2.05, 4.69) is 17.2 Å². The number of amides is 3. The quantitative estimate of drug-likeness (QED) is 0.692. The van der Waals surface area contributed by atoms with E-state index in [0.717, 1.165) is 17.5 Å². The lowest BCUT2D eigenvalue weighted by atomic mass is 9.59. The van der Waals surface area contributed by atoms with Crippen molar-refractivity contribution < 1.29 is 19.1 Å². The zero-order valence-electron chi connectivity index (χ0n) is 19.7. The highest BCUT2D eigenvalue weighted by Gasteiger charge is 2.58. The molecule has 0 radical (unpaired) electrons. The Labute approximate surface area is 194 Å². The highest BCUT2D eigenvalue weighted by atomic mass is 16.5. The van der Waals surface area contributed by atoms with Crippen LogP contribution in [0.5, 0.6) is 5.75 Å². The van der Waals surface area contributed by atoms with Gasteiger partial charge in [-0.15, -0.1) is 6.58 Å². The number of benzene rings is 1. The molecule has 2 fully saturated rings. The largest absolute Gasteiger partial charge is 0.483 e. The van der Waals surface area contributed by atoms with Crippen molar-refractivity contribution >= 4 is 29.5 Å². The fraction of sp³-hybridized carbons (Fsp3) is 0.500. The fourth-order valence-electron chi connectivity index (χ4n) is 5.79. The maximum Gasteiger partial charge on any atom is 0.245 e. The molecule has 4 aliphatic heterocycles. The van der Waals surface area contributed by atoms with Gasteiger partial charge in [-0.3, -0.25) is 14.4 Å². The van der Waals surface area contributed by atoms with Crippen molar-refractivity contribution in [1.29, 1.82) is 0 Å². The number of carbonyl (C=O) groups excluding carboxylic acids is 3. The number of rotatable bonds is 4. The van der Waals surface area contributed by atoms with Gasteiger partial charge < -0.3 is 20.3 Å². The van der Waals surface area contributed by atoms with E-state index in [1.165, 1.54) is 0 Å². The molecule has 174 valence electrons. The molecule has 0 unspecified atom stereocenters. The molecule has 1 aromatic rings. The molecular formula is C26H31N3O4. The first-order valence-electron chi connectivity index (χ1n) is 11.6. The number of anilines is 1. The van der Waals surface area contributed by atoms with Crippen molar-refractivity contribution in [2.75, 3.05) is 11.9 Å². The van der Waals surface area contributed by atoms with Gasteiger partial charge in [-0.2, -0.15) is 0 Å². The van der Waals surface area contributed by atoms with E-state index < -0.39 is 22.5 Å². The molecule has 4 heterocycles. The third-order valence-electron chi connectivity index (χ3n) is 7.86. The second-order valence-corrected chi connectivity index (χ2v) is 10.7. The molecule has 7 nitrogen and oxygen atoms in total. The second kappa shape index (κ2) is 6.95. The topological polar surface area (TPSA) is 87.7 Å². The number of fused-ring (bicyclic) bond motifs is 3. The molecule has 4 aliphatic rings. The monoisotopic (exact) mass is 449 g/mol. The van der Waals surface area contributed by atoms with Gasteiger partial charge in [0.1, 0.15) is 23.4 Å². The molecule has 3 atom stereocenters. The molecule has 0 spiro atoms. The second-order valence-electron chi connectivity index (χ2n) is 10.7. The Balaban J connectivity index is 1.61. The van der Waals surface area contributed by atoms with Gasteiger partial charge in [0.05, 0.1) is 5.41 Å². The molecular weight excluding hydrogens is 418 g/mol. The van der Waals surface area contributed by atoms with E-state index >= 15 is 0 Å². The highest BCUT2D eigenvalue weighted by molar-refractivity contribution is 6.08. The van der Waals surface area contributed by atoms with Crippen LogP contribution < -0.4 is 15.4 Å². The average molecular weight is 450 g/mol. The van der Waals surface area contributed by atoms with Gasteiger partial charge in [-0.25, -0.2) is 0 Å². The number of nitrogens with zero attached hydrogens (tertiary/aromatic N) is 1. The highest BCUT2D eigenvalue weighted by Crippen LogP contribution is 2.55. The number of allylic oxidation sites excluding steroid dienone is 1. The minimum Gasteiger partial charge on any atom is -0.483 e. The summed E-state index contributed by atoms with van der Waals surface area (Å²) in [7, 11) is 0. The van der Waals surface area contributed by atoms with Crippen molar-refractivity contribution in [3.63, 3.8) is 0 Å². The van der Waals surface area contributed by atoms with Gasteiger partial charge in [0.2, 0.25) is 17.7 Å². The van der Waals surface area contributed by atoms with Crippen molar-refractivity contribution in [2.24, 2.45) is 5.41 Å². The Kier molecular flexibility index (Phi) is 4.58. The van der Waals surface area contributed by atoms with Crippen molar-refractivity contribution in [1.82, 2.24) is 10.2 Å². The van der Waals surface area contributed by atoms with Gasteiger partial charge in [0.25, 0.3) is 0 Å². The summed E-state index contributed by atoms with van der Waals surface area (Å²) in [4.78, 5) is 41.5. The van der Waals surface area contributed by atoms with Crippen LogP contribution in [0.1, 0.15) is 58.1 Å². The Morgan fingerprint density at radius 3 is 2.76 bits per heavy atom. The molecule has 0 aliphatic carbocycles. The van der Waals surface area contributed by atoms with Crippen LogP contribution in [0.15, 0.2) is 30.9 Å². The lowest BCUT2D eigenvalue weighted by Gasteiger charge is -2.45. The minimum atomic E-state index is -1.08. The van der Waals surface area contributed by atoms with Crippen LogP contribution in [0.4, 0.5) is 5.69 Å². The van der Waals surface area contributed by atoms with Crippen molar-refractivity contribution in [3.05, 3.63) is 42.0 Å². The average Bonchev–Trinajstić information content (AvgIpc) is 3.34. The van der Waals surface area contributed by atoms with Gasteiger partial charge in [-0.1, -0.05) is 26.0 Å². The molecule has 2 N–H and O–H groups in total. The van der Waals surface area contributed by atoms with Crippen molar-refractivity contribution in [3.8, 4) is 5.75 Å². The SMILES string of the molecule is C=CC(C)(C)[C@]1(C[C@@H]2NC(=O)[C@H]3CCCN3C2=O)C(=O)Nc2cc3c(cc21)C=CC(C)(C)O3. The lowest BCUT2D eigenvalue weighted by molar-refractivity contribution is -0.148. The van der Waals surface area contributed by atoms with Crippen LogP contribution in [-0.4, -0.2) is 46.9 Å². The summed E-state index contributed by atoms with van der Waals surface area (Å²) in [5.74, 6) is 0.265. The van der Waals surface area contributed by atoms with Crippen LogP contribution >= 0.6 is 0 Å². The predicted molar refractivity (Wildman–Crippen MR) is 126 cm³/mol. The summed E-state index contributed by atoms with van der Waals surface area (Å²) in [5.41, 5.74) is 0.143. The van der Waals surface area contributed by atoms with Gasteiger partial charge in [0, 0.05) is 29.3 Å². The van der Waals surface area contributed by atoms with Crippen LogP contribution in [0, 0.1) is 5.41 Å². The molecule has 5 rings (SSSR count). The number of hydrogen-bond acceptors (Lipinski definition) is 4. The zero-order valence-corrected chi connectivity index (χ0v) is 19.7. The number of hydrogen-bond donors (Lipinski definition) is 2. The minimum absolute atomic E-state index is 0.111. The predicted octanol–water partition coefficient (Wildman–Crippen LogP) is 3.15. The zero-order chi connectivity index (χ0) is 23.8. The number of carbonyl (C=O) groups is 3. The van der Waals surface area contributed by atoms with E-state index in [1.807, 2.05) is 52.0 Å². The fourth-order valence-corrected chi connectivity index (χ4v) is 5.79. The third kappa shape index (κ3) is 3.05. The number of nitrogens with one attached hydrogen (secondary N) is 2. The Bertz CT molecular complexity index is 1120. The smallest absolute Gasteiger partial charge is 0.245 e. The molecule has 3 amide bonds. The summed E-state index contributed by atoms with van der Waals surface area (Å²) in [5, 5.41) is 5.97. The first-order valence-corrected chi connectivity index (χ1v) is 11.6. The van der Waals surface area contributed by atoms with E-state index in [4.69, 9.17) is 4.74 Å². The molecule has 2 saturated heterocycles. The maximum atomic E-state index is 13.7. The van der Waals surface area contributed by atoms with E-state index in [1.54, 1.807) is 11.0 Å². The van der Waals surface area contributed by atoms with Crippen molar-refractivity contribution in [2.45, 2.75) is 70.1 Å². The first kappa shape index (κ1) is 21.7. The molecule has 1 aromatic carbocycles. The molecule has 7 heteroatoms. The normalized spacial score (nSPS) is 29.6. The van der Waals surface area contributed by atoms with E-state index in [0.29, 0.717) is 24.4 Å². The van der Waals surface area contributed by atoms with Crippen LogP contribution in [0.2, 0.25) is 0 Å². The lowest BCUT2D eigenvalue weighted by Crippen LogP contribution is -2.63. The Hall–Kier alpha value is -3.09. The molecule has 33 heavy (non-hydrogen) atoms. The van der Waals surface area contributed by atoms with Gasteiger partial charge in [0.15, 0.2) is 0 Å². The van der Waals surface area contributed by atoms with Crippen LogP contribution in [0.25, 0.3) is 6.08 Å².